The molecule has 3 rings (SSSR count). The highest BCUT2D eigenvalue weighted by Gasteiger charge is 2.45. The van der Waals surface area contributed by atoms with Crippen molar-refractivity contribution >= 4 is 23.3 Å². The van der Waals surface area contributed by atoms with Crippen molar-refractivity contribution < 1.29 is 9.59 Å². The Labute approximate surface area is 110 Å². The number of pyridine rings is 1. The first-order chi connectivity index (χ1) is 9.07. The molecule has 2 aliphatic rings. The first kappa shape index (κ1) is 12.1. The monoisotopic (exact) mass is 260 g/mol. The topological polar surface area (TPSA) is 97.1 Å². The van der Waals surface area contributed by atoms with E-state index in [0.717, 1.165) is 25.7 Å². The van der Waals surface area contributed by atoms with Gasteiger partial charge < -0.3 is 16.4 Å². The molecule has 2 saturated carbocycles. The van der Waals surface area contributed by atoms with Crippen molar-refractivity contribution in [1.82, 2.24) is 4.98 Å². The van der Waals surface area contributed by atoms with Crippen molar-refractivity contribution in [1.29, 1.82) is 0 Å². The fraction of sp³-hybridized carbons (Fsp3) is 0.462. The van der Waals surface area contributed by atoms with Crippen molar-refractivity contribution in [2.24, 2.45) is 11.7 Å². The summed E-state index contributed by atoms with van der Waals surface area (Å²) in [5.41, 5.74) is 5.68. The standard InChI is InChI=1S/C13H16N4O2/c14-13(5-6-13)12(19)16-9-3-4-10(15-7-9)17-11(18)8-1-2-8/h3-4,7-8H,1-2,5-6,14H2,(H,16,19)(H,15,17,18). The highest BCUT2D eigenvalue weighted by atomic mass is 16.2. The summed E-state index contributed by atoms with van der Waals surface area (Å²) in [7, 11) is 0. The average molecular weight is 260 g/mol. The Hall–Kier alpha value is -1.95. The van der Waals surface area contributed by atoms with Gasteiger partial charge >= 0.3 is 0 Å². The maximum atomic E-state index is 11.7. The van der Waals surface area contributed by atoms with Crippen molar-refractivity contribution in [3.8, 4) is 0 Å². The quantitative estimate of drug-likeness (QED) is 0.748. The van der Waals surface area contributed by atoms with E-state index in [0.29, 0.717) is 11.5 Å². The van der Waals surface area contributed by atoms with Crippen LogP contribution in [0.4, 0.5) is 11.5 Å². The Balaban J connectivity index is 1.58. The molecule has 0 unspecified atom stereocenters. The molecule has 2 aliphatic carbocycles. The van der Waals surface area contributed by atoms with Crippen LogP contribution in [0.5, 0.6) is 0 Å². The van der Waals surface area contributed by atoms with Crippen molar-refractivity contribution in [3.63, 3.8) is 0 Å². The SMILES string of the molecule is NC1(C(=O)Nc2ccc(NC(=O)C3CC3)nc2)CC1. The number of aromatic nitrogens is 1. The van der Waals surface area contributed by atoms with E-state index in [9.17, 15) is 9.59 Å². The molecule has 6 nitrogen and oxygen atoms in total. The largest absolute Gasteiger partial charge is 0.323 e. The highest BCUT2D eigenvalue weighted by Crippen LogP contribution is 2.33. The smallest absolute Gasteiger partial charge is 0.244 e. The minimum atomic E-state index is -0.696. The van der Waals surface area contributed by atoms with E-state index < -0.39 is 5.54 Å². The summed E-state index contributed by atoms with van der Waals surface area (Å²) in [5, 5.41) is 5.46. The molecular formula is C13H16N4O2. The Morgan fingerprint density at radius 1 is 1.26 bits per heavy atom. The molecule has 19 heavy (non-hydrogen) atoms. The molecule has 0 spiro atoms. The minimum Gasteiger partial charge on any atom is -0.323 e. The third-order valence-electron chi connectivity index (χ3n) is 3.46. The van der Waals surface area contributed by atoms with Crippen LogP contribution < -0.4 is 16.4 Å². The molecule has 1 aromatic rings. The van der Waals surface area contributed by atoms with Gasteiger partial charge in [-0.25, -0.2) is 4.98 Å². The number of nitrogens with two attached hydrogens (primary N) is 1. The van der Waals surface area contributed by atoms with Gasteiger partial charge in [-0.05, 0) is 37.8 Å². The average Bonchev–Trinajstić information content (AvgIpc) is 3.25. The molecule has 4 N–H and O–H groups in total. The lowest BCUT2D eigenvalue weighted by molar-refractivity contribution is -0.118. The van der Waals surface area contributed by atoms with Crippen LogP contribution in [-0.2, 0) is 9.59 Å². The second-order valence-corrected chi connectivity index (χ2v) is 5.31. The van der Waals surface area contributed by atoms with Gasteiger partial charge in [0.05, 0.1) is 17.4 Å². The maximum Gasteiger partial charge on any atom is 0.244 e. The van der Waals surface area contributed by atoms with Gasteiger partial charge in [-0.3, -0.25) is 9.59 Å². The van der Waals surface area contributed by atoms with E-state index in [1.807, 2.05) is 0 Å². The summed E-state index contributed by atoms with van der Waals surface area (Å²) >= 11 is 0. The molecule has 1 heterocycles. The third-order valence-corrected chi connectivity index (χ3v) is 3.46. The van der Waals surface area contributed by atoms with E-state index in [4.69, 9.17) is 5.73 Å². The summed E-state index contributed by atoms with van der Waals surface area (Å²) in [5.74, 6) is 0.490. The molecule has 0 saturated heterocycles. The van der Waals surface area contributed by atoms with Crippen LogP contribution >= 0.6 is 0 Å². The van der Waals surface area contributed by atoms with Crippen molar-refractivity contribution in [3.05, 3.63) is 18.3 Å². The number of nitrogens with one attached hydrogen (secondary N) is 2. The molecule has 0 atom stereocenters. The zero-order chi connectivity index (χ0) is 13.5. The number of anilines is 2. The Bertz CT molecular complexity index is 518. The van der Waals surface area contributed by atoms with Crippen LogP contribution in [-0.4, -0.2) is 22.3 Å². The Morgan fingerprint density at radius 2 is 2.00 bits per heavy atom. The molecule has 100 valence electrons. The normalized spacial score (nSPS) is 19.6. The summed E-state index contributed by atoms with van der Waals surface area (Å²) in [6, 6.07) is 3.38. The molecule has 0 bridgehead atoms. The zero-order valence-electron chi connectivity index (χ0n) is 10.5. The molecule has 0 radical (unpaired) electrons. The summed E-state index contributed by atoms with van der Waals surface area (Å²) in [6.45, 7) is 0. The number of hydrogen-bond acceptors (Lipinski definition) is 4. The lowest BCUT2D eigenvalue weighted by Gasteiger charge is -2.10. The molecule has 0 aliphatic heterocycles. The third kappa shape index (κ3) is 2.73. The van der Waals surface area contributed by atoms with E-state index in [1.165, 1.54) is 6.20 Å². The molecular weight excluding hydrogens is 244 g/mol. The lowest BCUT2D eigenvalue weighted by Crippen LogP contribution is -2.37. The predicted molar refractivity (Wildman–Crippen MR) is 70.4 cm³/mol. The van der Waals surface area contributed by atoms with Crippen molar-refractivity contribution in [2.45, 2.75) is 31.2 Å². The van der Waals surface area contributed by atoms with E-state index >= 15 is 0 Å². The van der Waals surface area contributed by atoms with Crippen LogP contribution in [0.1, 0.15) is 25.7 Å². The predicted octanol–water partition coefficient (Wildman–Crippen LogP) is 0.860. The first-order valence-corrected chi connectivity index (χ1v) is 6.44. The number of nitrogens with zero attached hydrogens (tertiary/aromatic N) is 1. The molecule has 6 heteroatoms. The van der Waals surface area contributed by atoms with Crippen LogP contribution in [0.25, 0.3) is 0 Å². The van der Waals surface area contributed by atoms with E-state index in [2.05, 4.69) is 15.6 Å². The maximum absolute atomic E-state index is 11.7. The number of carbonyl (C=O) groups is 2. The van der Waals surface area contributed by atoms with Crippen molar-refractivity contribution in [2.75, 3.05) is 10.6 Å². The summed E-state index contributed by atoms with van der Waals surface area (Å²) in [6.07, 6.45) is 4.88. The fourth-order valence-electron chi connectivity index (χ4n) is 1.73. The van der Waals surface area contributed by atoms with Gasteiger partial charge in [-0.15, -0.1) is 0 Å². The second kappa shape index (κ2) is 4.31. The molecule has 1 aromatic heterocycles. The first-order valence-electron chi connectivity index (χ1n) is 6.44. The second-order valence-electron chi connectivity index (χ2n) is 5.31. The van der Waals surface area contributed by atoms with Gasteiger partial charge in [0, 0.05) is 5.92 Å². The molecule has 2 fully saturated rings. The van der Waals surface area contributed by atoms with Crippen LogP contribution in [0.2, 0.25) is 0 Å². The molecule has 2 amide bonds. The fourth-order valence-corrected chi connectivity index (χ4v) is 1.73. The number of amides is 2. The lowest BCUT2D eigenvalue weighted by atomic mass is 10.2. The number of rotatable bonds is 4. The van der Waals surface area contributed by atoms with Crippen LogP contribution in [0.15, 0.2) is 18.3 Å². The van der Waals surface area contributed by atoms with Crippen LogP contribution in [0.3, 0.4) is 0 Å². The highest BCUT2D eigenvalue weighted by molar-refractivity contribution is 6.00. The van der Waals surface area contributed by atoms with Gasteiger partial charge in [0.1, 0.15) is 5.82 Å². The zero-order valence-corrected chi connectivity index (χ0v) is 10.5. The van der Waals surface area contributed by atoms with Crippen LogP contribution in [0, 0.1) is 5.92 Å². The van der Waals surface area contributed by atoms with Gasteiger partial charge in [-0.1, -0.05) is 0 Å². The van der Waals surface area contributed by atoms with Gasteiger partial charge in [-0.2, -0.15) is 0 Å². The van der Waals surface area contributed by atoms with Gasteiger partial charge in [0.2, 0.25) is 11.8 Å². The number of carbonyl (C=O) groups excluding carboxylic acids is 2. The Morgan fingerprint density at radius 3 is 2.53 bits per heavy atom. The Kier molecular flexibility index (Phi) is 2.74. The van der Waals surface area contributed by atoms with E-state index in [1.54, 1.807) is 12.1 Å². The summed E-state index contributed by atoms with van der Waals surface area (Å²) in [4.78, 5) is 27.4. The van der Waals surface area contributed by atoms with E-state index in [-0.39, 0.29) is 17.7 Å². The minimum absolute atomic E-state index is 0.0168. The van der Waals surface area contributed by atoms with Gasteiger partial charge in [0.15, 0.2) is 0 Å². The van der Waals surface area contributed by atoms with Gasteiger partial charge in [0.25, 0.3) is 0 Å². The molecule has 0 aromatic carbocycles. The number of hydrogen-bond donors (Lipinski definition) is 3. The summed E-state index contributed by atoms with van der Waals surface area (Å²) < 4.78 is 0.